The molecule has 160 valence electrons. The molecule has 0 spiro atoms. The van der Waals surface area contributed by atoms with Gasteiger partial charge in [0, 0.05) is 25.3 Å². The molecule has 1 saturated heterocycles. The molecule has 0 aromatic heterocycles. The van der Waals surface area contributed by atoms with Crippen LogP contribution < -0.4 is 10.6 Å². The van der Waals surface area contributed by atoms with Crippen molar-refractivity contribution in [2.45, 2.75) is 11.7 Å². The molecule has 0 bridgehead atoms. The smallest absolute Gasteiger partial charge is 0.321 e. The second-order valence-electron chi connectivity index (χ2n) is 6.89. The molecule has 10 heteroatoms. The minimum Gasteiger partial charge on any atom is -0.355 e. The second kappa shape index (κ2) is 9.44. The van der Waals surface area contributed by atoms with Crippen LogP contribution in [-0.4, -0.2) is 55.9 Å². The summed E-state index contributed by atoms with van der Waals surface area (Å²) in [5, 5.41) is 3.69. The Morgan fingerprint density at radius 3 is 2.60 bits per heavy atom. The van der Waals surface area contributed by atoms with Crippen LogP contribution in [0.15, 0.2) is 48.5 Å². The van der Waals surface area contributed by atoms with Crippen LogP contribution in [0, 0.1) is 5.82 Å². The normalized spacial score (nSPS) is 17.9. The van der Waals surface area contributed by atoms with Gasteiger partial charge in [0.05, 0.1) is 10.8 Å². The number of anilines is 1. The van der Waals surface area contributed by atoms with Gasteiger partial charge in [0.2, 0.25) is 5.91 Å². The second-order valence-corrected chi connectivity index (χ2v) is 9.60. The van der Waals surface area contributed by atoms with Crippen LogP contribution in [0.3, 0.4) is 0 Å². The Balaban J connectivity index is 1.60. The van der Waals surface area contributed by atoms with Gasteiger partial charge in [-0.1, -0.05) is 41.9 Å². The Hall–Kier alpha value is -2.65. The van der Waals surface area contributed by atoms with Crippen LogP contribution in [0.5, 0.6) is 0 Å². The summed E-state index contributed by atoms with van der Waals surface area (Å²) in [7, 11) is -3.67. The van der Waals surface area contributed by atoms with E-state index in [1.54, 1.807) is 0 Å². The van der Waals surface area contributed by atoms with Crippen LogP contribution in [0.1, 0.15) is 5.56 Å². The fourth-order valence-corrected chi connectivity index (χ4v) is 4.84. The first-order valence-corrected chi connectivity index (χ1v) is 11.4. The van der Waals surface area contributed by atoms with E-state index < -0.39 is 32.8 Å². The summed E-state index contributed by atoms with van der Waals surface area (Å²) in [6.07, 6.45) is 0.564. The molecule has 3 rings (SSSR count). The summed E-state index contributed by atoms with van der Waals surface area (Å²) < 4.78 is 38.0. The highest BCUT2D eigenvalue weighted by molar-refractivity contribution is 7.92. The largest absolute Gasteiger partial charge is 0.355 e. The van der Waals surface area contributed by atoms with Gasteiger partial charge in [-0.15, -0.1) is 0 Å². The lowest BCUT2D eigenvalue weighted by molar-refractivity contribution is -0.120. The summed E-state index contributed by atoms with van der Waals surface area (Å²) >= 11 is 5.71. The first-order valence-electron chi connectivity index (χ1n) is 9.30. The van der Waals surface area contributed by atoms with Gasteiger partial charge in [0.1, 0.15) is 5.82 Å². The van der Waals surface area contributed by atoms with Crippen LogP contribution >= 0.6 is 11.6 Å². The maximum absolute atomic E-state index is 13.3. The van der Waals surface area contributed by atoms with E-state index in [0.29, 0.717) is 6.42 Å². The lowest BCUT2D eigenvalue weighted by Crippen LogP contribution is -2.56. The average molecular weight is 454 g/mol. The van der Waals surface area contributed by atoms with Crippen molar-refractivity contribution in [3.8, 4) is 0 Å². The molecule has 7 nitrogen and oxygen atoms in total. The molecular weight excluding hydrogens is 433 g/mol. The number of carbonyl (C=O) groups is 2. The van der Waals surface area contributed by atoms with Crippen LogP contribution in [0.25, 0.3) is 0 Å². The number of nitrogens with one attached hydrogen (secondary N) is 2. The summed E-state index contributed by atoms with van der Waals surface area (Å²) in [4.78, 5) is 26.2. The zero-order valence-electron chi connectivity index (χ0n) is 16.0. The Morgan fingerprint density at radius 2 is 1.90 bits per heavy atom. The molecule has 1 aliphatic rings. The zero-order chi connectivity index (χ0) is 21.7. The average Bonchev–Trinajstić information content (AvgIpc) is 2.71. The van der Waals surface area contributed by atoms with Gasteiger partial charge in [0.25, 0.3) is 0 Å². The van der Waals surface area contributed by atoms with Crippen molar-refractivity contribution in [1.82, 2.24) is 10.2 Å². The van der Waals surface area contributed by atoms with E-state index in [0.717, 1.165) is 11.6 Å². The van der Waals surface area contributed by atoms with E-state index in [4.69, 9.17) is 11.6 Å². The first kappa shape index (κ1) is 22.0. The first-order chi connectivity index (χ1) is 14.3. The van der Waals surface area contributed by atoms with Gasteiger partial charge in [-0.05, 0) is 30.2 Å². The number of sulfone groups is 1. The summed E-state index contributed by atoms with van der Waals surface area (Å²) in [5.41, 5.74) is 1.28. The number of benzene rings is 2. The number of nitrogens with zero attached hydrogens (tertiary/aromatic N) is 1. The van der Waals surface area contributed by atoms with E-state index in [-0.39, 0.29) is 36.1 Å². The van der Waals surface area contributed by atoms with Crippen molar-refractivity contribution >= 4 is 39.1 Å². The minimum atomic E-state index is -3.67. The van der Waals surface area contributed by atoms with Crippen molar-refractivity contribution in [2.24, 2.45) is 0 Å². The molecule has 1 unspecified atom stereocenters. The Labute approximate surface area is 179 Å². The summed E-state index contributed by atoms with van der Waals surface area (Å²) in [6.45, 7) is -0.0215. The number of urea groups is 1. The highest BCUT2D eigenvalue weighted by atomic mass is 35.5. The monoisotopic (exact) mass is 453 g/mol. The number of rotatable bonds is 5. The van der Waals surface area contributed by atoms with Crippen LogP contribution in [0.4, 0.5) is 14.9 Å². The van der Waals surface area contributed by atoms with E-state index >= 15 is 0 Å². The molecule has 2 aromatic carbocycles. The quantitative estimate of drug-likeness (QED) is 0.727. The minimum absolute atomic E-state index is 0.0448. The van der Waals surface area contributed by atoms with Crippen molar-refractivity contribution < 1.29 is 22.4 Å². The molecule has 1 aliphatic heterocycles. The lowest BCUT2D eigenvalue weighted by atomic mass is 10.1. The number of hydrogen-bond acceptors (Lipinski definition) is 4. The van der Waals surface area contributed by atoms with Crippen LogP contribution in [-0.2, 0) is 21.1 Å². The number of halogens is 2. The fourth-order valence-electron chi connectivity index (χ4n) is 3.08. The SMILES string of the molecule is O=C(NCCc1ccccc1)C1CN(C(=O)Nc2ccc(F)c(Cl)c2)CCS1(=O)=O. The van der Waals surface area contributed by atoms with Crippen molar-refractivity contribution in [1.29, 1.82) is 0 Å². The molecule has 2 aromatic rings. The van der Waals surface area contributed by atoms with Gasteiger partial charge in [0.15, 0.2) is 15.1 Å². The van der Waals surface area contributed by atoms with E-state index in [9.17, 15) is 22.4 Å². The zero-order valence-corrected chi connectivity index (χ0v) is 17.5. The predicted molar refractivity (Wildman–Crippen MR) is 113 cm³/mol. The molecule has 0 saturated carbocycles. The van der Waals surface area contributed by atoms with E-state index in [1.165, 1.54) is 17.0 Å². The predicted octanol–water partition coefficient (Wildman–Crippen LogP) is 2.47. The molecule has 2 N–H and O–H groups in total. The lowest BCUT2D eigenvalue weighted by Gasteiger charge is -2.32. The third-order valence-electron chi connectivity index (χ3n) is 4.77. The van der Waals surface area contributed by atoms with E-state index in [1.807, 2.05) is 30.3 Å². The van der Waals surface area contributed by atoms with Crippen molar-refractivity contribution in [3.63, 3.8) is 0 Å². The van der Waals surface area contributed by atoms with Crippen molar-refractivity contribution in [3.05, 3.63) is 64.9 Å². The van der Waals surface area contributed by atoms with E-state index in [2.05, 4.69) is 10.6 Å². The van der Waals surface area contributed by atoms with Crippen molar-refractivity contribution in [2.75, 3.05) is 30.7 Å². The summed E-state index contributed by atoms with van der Waals surface area (Å²) in [6, 6.07) is 12.6. The molecule has 3 amide bonds. The fraction of sp³-hybridized carbons (Fsp3) is 0.300. The highest BCUT2D eigenvalue weighted by Crippen LogP contribution is 2.20. The molecule has 0 radical (unpaired) electrons. The van der Waals surface area contributed by atoms with Gasteiger partial charge < -0.3 is 15.5 Å². The Kier molecular flexibility index (Phi) is 6.94. The number of carbonyl (C=O) groups excluding carboxylic acids is 2. The summed E-state index contributed by atoms with van der Waals surface area (Å²) in [5.74, 6) is -1.57. The standard InChI is InChI=1S/C20H21ClFN3O4S/c21-16-12-15(6-7-17(16)22)24-20(27)25-10-11-30(28,29)18(13-25)19(26)23-9-8-14-4-2-1-3-5-14/h1-7,12,18H,8-11,13H2,(H,23,26)(H,24,27). The third-order valence-corrected chi connectivity index (χ3v) is 7.04. The number of amides is 3. The molecule has 1 fully saturated rings. The molecular formula is C20H21ClFN3O4S. The maximum atomic E-state index is 13.3. The maximum Gasteiger partial charge on any atom is 0.321 e. The van der Waals surface area contributed by atoms with Crippen LogP contribution in [0.2, 0.25) is 5.02 Å². The van der Waals surface area contributed by atoms with Gasteiger partial charge in [-0.2, -0.15) is 0 Å². The molecule has 1 atom stereocenters. The molecule has 1 heterocycles. The topological polar surface area (TPSA) is 95.6 Å². The molecule has 0 aliphatic carbocycles. The highest BCUT2D eigenvalue weighted by Gasteiger charge is 2.39. The number of hydrogen-bond donors (Lipinski definition) is 2. The van der Waals surface area contributed by atoms with Gasteiger partial charge in [-0.25, -0.2) is 17.6 Å². The Morgan fingerprint density at radius 1 is 1.17 bits per heavy atom. The van der Waals surface area contributed by atoms with Gasteiger partial charge in [-0.3, -0.25) is 4.79 Å². The molecule has 30 heavy (non-hydrogen) atoms. The Bertz CT molecular complexity index is 1030. The van der Waals surface area contributed by atoms with Gasteiger partial charge >= 0.3 is 6.03 Å². The third kappa shape index (κ3) is 5.48.